The van der Waals surface area contributed by atoms with Crippen LogP contribution < -0.4 is 4.90 Å². The number of aliphatic hydroxyl groups excluding tert-OH is 1. The first-order chi connectivity index (χ1) is 16.9. The number of carbonyl (C=O) groups is 1. The highest BCUT2D eigenvalue weighted by molar-refractivity contribution is 5.75. The van der Waals surface area contributed by atoms with Gasteiger partial charge in [0.05, 0.1) is 30.8 Å². The summed E-state index contributed by atoms with van der Waals surface area (Å²) in [5.41, 5.74) is 2.36. The van der Waals surface area contributed by atoms with Crippen LogP contribution in [0.3, 0.4) is 0 Å². The van der Waals surface area contributed by atoms with E-state index in [1.807, 2.05) is 6.92 Å². The molecule has 0 unspecified atom stereocenters. The number of piperazine rings is 1. The van der Waals surface area contributed by atoms with Gasteiger partial charge in [-0.1, -0.05) is 0 Å². The molecule has 1 atom stereocenters. The Kier molecular flexibility index (Phi) is 6.63. The summed E-state index contributed by atoms with van der Waals surface area (Å²) >= 11 is 0. The molecule has 2 aromatic rings. The summed E-state index contributed by atoms with van der Waals surface area (Å²) < 4.78 is 33.4. The van der Waals surface area contributed by atoms with E-state index in [1.54, 1.807) is 11.0 Å². The predicted octanol–water partition coefficient (Wildman–Crippen LogP) is 3.65. The van der Waals surface area contributed by atoms with Crippen LogP contribution in [0.15, 0.2) is 30.5 Å². The number of hydrogen-bond acceptors (Lipinski definition) is 6. The van der Waals surface area contributed by atoms with Crippen molar-refractivity contribution >= 4 is 11.8 Å². The third-order valence-corrected chi connectivity index (χ3v) is 7.67. The van der Waals surface area contributed by atoms with Gasteiger partial charge in [-0.05, 0) is 49.9 Å². The van der Waals surface area contributed by atoms with Gasteiger partial charge < -0.3 is 19.6 Å². The summed E-state index contributed by atoms with van der Waals surface area (Å²) in [6.07, 6.45) is 4.27. The first kappa shape index (κ1) is 23.9. The largest absolute Gasteiger partial charge is 0.450 e. The molecule has 1 aromatic heterocycles. The number of carbonyl (C=O) groups excluding carboxylic acids is 1. The van der Waals surface area contributed by atoms with Crippen molar-refractivity contribution in [2.45, 2.75) is 38.8 Å². The van der Waals surface area contributed by atoms with Gasteiger partial charge in [0.2, 0.25) is 0 Å². The lowest BCUT2D eigenvalue weighted by atomic mass is 9.78. The molecule has 2 aliphatic heterocycles. The zero-order valence-corrected chi connectivity index (χ0v) is 20.1. The fourth-order valence-electron chi connectivity index (χ4n) is 5.98. The van der Waals surface area contributed by atoms with Crippen LogP contribution in [0.4, 0.5) is 19.3 Å². The zero-order chi connectivity index (χ0) is 24.6. The number of aromatic nitrogens is 1. The average molecular weight is 487 g/mol. The highest BCUT2D eigenvalue weighted by Crippen LogP contribution is 2.47. The zero-order valence-electron chi connectivity index (χ0n) is 20.1. The number of hydrogen-bond donors (Lipinski definition) is 1. The second-order valence-electron chi connectivity index (χ2n) is 10.0. The van der Waals surface area contributed by atoms with Crippen LogP contribution >= 0.6 is 0 Å². The molecule has 9 heteroatoms. The fraction of sp³-hybridized carbons (Fsp3) is 0.538. The van der Waals surface area contributed by atoms with Crippen molar-refractivity contribution in [2.24, 2.45) is 5.41 Å². The summed E-state index contributed by atoms with van der Waals surface area (Å²) in [5.74, 6) is -0.889. The van der Waals surface area contributed by atoms with Crippen molar-refractivity contribution in [2.75, 3.05) is 50.8 Å². The molecule has 2 saturated heterocycles. The number of benzene rings is 1. The number of rotatable bonds is 5. The maximum atomic E-state index is 14.2. The van der Waals surface area contributed by atoms with Gasteiger partial charge >= 0.3 is 6.09 Å². The van der Waals surface area contributed by atoms with Gasteiger partial charge in [-0.25, -0.2) is 13.6 Å². The maximum Gasteiger partial charge on any atom is 0.409 e. The second kappa shape index (κ2) is 9.70. The Hall–Kier alpha value is -2.78. The number of aliphatic hydroxyl groups is 1. The van der Waals surface area contributed by atoms with Crippen LogP contribution in [0, 0.1) is 17.0 Å². The molecule has 0 bridgehead atoms. The minimum absolute atomic E-state index is 0.209. The smallest absolute Gasteiger partial charge is 0.409 e. The van der Waals surface area contributed by atoms with Crippen LogP contribution in [-0.2, 0) is 11.3 Å². The first-order valence-corrected chi connectivity index (χ1v) is 12.4. The van der Waals surface area contributed by atoms with E-state index in [1.165, 1.54) is 18.2 Å². The normalized spacial score (nSPS) is 21.9. The fourth-order valence-corrected chi connectivity index (χ4v) is 5.98. The summed E-state index contributed by atoms with van der Waals surface area (Å²) in [5, 5.41) is 9.46. The highest BCUT2D eigenvalue weighted by atomic mass is 19.1. The maximum absolute atomic E-state index is 14.2. The predicted molar refractivity (Wildman–Crippen MR) is 128 cm³/mol. The first-order valence-electron chi connectivity index (χ1n) is 12.4. The molecule has 3 aliphatic rings. The summed E-state index contributed by atoms with van der Waals surface area (Å²) in [7, 11) is 0. The van der Waals surface area contributed by atoms with Gasteiger partial charge in [-0.15, -0.1) is 0 Å². The number of halogens is 2. The Morgan fingerprint density at radius 2 is 1.91 bits per heavy atom. The van der Waals surface area contributed by atoms with E-state index in [0.717, 1.165) is 64.7 Å². The minimum Gasteiger partial charge on any atom is -0.450 e. The van der Waals surface area contributed by atoms with Gasteiger partial charge in [-0.3, -0.25) is 9.88 Å². The molecule has 35 heavy (non-hydrogen) atoms. The number of anilines is 1. The SMILES string of the molecule is CCOC(=O)N1CC2(CC[C@@H](N3CCN(c4cc(F)cnc4-c4cc(F)cc(CO)c4)CC3)C2)C1. The van der Waals surface area contributed by atoms with Gasteiger partial charge in [0.15, 0.2) is 0 Å². The monoisotopic (exact) mass is 486 g/mol. The molecule has 3 fully saturated rings. The number of amides is 1. The van der Waals surface area contributed by atoms with E-state index in [-0.39, 0.29) is 18.1 Å². The Balaban J connectivity index is 1.24. The highest BCUT2D eigenvalue weighted by Gasteiger charge is 2.51. The van der Waals surface area contributed by atoms with E-state index < -0.39 is 11.6 Å². The van der Waals surface area contributed by atoms with Crippen LogP contribution in [0.25, 0.3) is 11.3 Å². The molecule has 5 rings (SSSR count). The van der Waals surface area contributed by atoms with Gasteiger partial charge in [0.25, 0.3) is 0 Å². The molecular formula is C26H32F2N4O3. The standard InChI is InChI=1S/C26H32F2N4O3/c1-2-35-25(34)32-16-26(17-32)4-3-22(13-26)30-5-7-31(8-6-30)23-12-21(28)14-29-24(23)19-9-18(15-33)10-20(27)11-19/h9-12,14,22,33H,2-8,13,15-17H2,1H3/t22-/m1/s1. The van der Waals surface area contributed by atoms with Crippen molar-refractivity contribution in [3.05, 3.63) is 47.7 Å². The molecule has 1 spiro atoms. The summed E-state index contributed by atoms with van der Waals surface area (Å²) in [6.45, 7) is 6.66. The Morgan fingerprint density at radius 1 is 1.14 bits per heavy atom. The van der Waals surface area contributed by atoms with Crippen molar-refractivity contribution < 1.29 is 23.4 Å². The molecule has 1 N–H and O–H groups in total. The van der Waals surface area contributed by atoms with Crippen LogP contribution in [0.2, 0.25) is 0 Å². The number of nitrogens with zero attached hydrogens (tertiary/aromatic N) is 4. The molecule has 3 heterocycles. The molecule has 1 saturated carbocycles. The van der Waals surface area contributed by atoms with E-state index in [9.17, 15) is 18.7 Å². The quantitative estimate of drug-likeness (QED) is 0.696. The van der Waals surface area contributed by atoms with Crippen molar-refractivity contribution in [1.29, 1.82) is 0 Å². The van der Waals surface area contributed by atoms with Crippen LogP contribution in [0.5, 0.6) is 0 Å². The topological polar surface area (TPSA) is 69.1 Å². The number of ether oxygens (including phenoxy) is 1. The van der Waals surface area contributed by atoms with E-state index in [0.29, 0.717) is 35.2 Å². The average Bonchev–Trinajstić information content (AvgIpc) is 3.29. The lowest BCUT2D eigenvalue weighted by molar-refractivity contribution is -0.00294. The lowest BCUT2D eigenvalue weighted by Crippen LogP contribution is -2.58. The van der Waals surface area contributed by atoms with Crippen LogP contribution in [0.1, 0.15) is 31.7 Å². The number of pyridine rings is 1. The molecule has 0 radical (unpaired) electrons. The molecule has 1 aliphatic carbocycles. The third-order valence-electron chi connectivity index (χ3n) is 7.67. The molecule has 1 aromatic carbocycles. The van der Waals surface area contributed by atoms with E-state index >= 15 is 0 Å². The Labute approximate surface area is 204 Å². The summed E-state index contributed by atoms with van der Waals surface area (Å²) in [6, 6.07) is 6.30. The van der Waals surface area contributed by atoms with Gasteiger partial charge in [0.1, 0.15) is 11.6 Å². The van der Waals surface area contributed by atoms with Gasteiger partial charge in [0, 0.05) is 62.4 Å². The molecular weight excluding hydrogens is 454 g/mol. The molecule has 1 amide bonds. The van der Waals surface area contributed by atoms with Crippen molar-refractivity contribution in [3.8, 4) is 11.3 Å². The molecule has 7 nitrogen and oxygen atoms in total. The van der Waals surface area contributed by atoms with Crippen LogP contribution in [-0.4, -0.2) is 77.9 Å². The van der Waals surface area contributed by atoms with Crippen molar-refractivity contribution in [3.63, 3.8) is 0 Å². The second-order valence-corrected chi connectivity index (χ2v) is 10.0. The van der Waals surface area contributed by atoms with Gasteiger partial charge in [-0.2, -0.15) is 0 Å². The Morgan fingerprint density at radius 3 is 2.63 bits per heavy atom. The Bertz CT molecular complexity index is 1080. The third kappa shape index (κ3) is 4.84. The minimum atomic E-state index is -0.457. The van der Waals surface area contributed by atoms with E-state index in [4.69, 9.17) is 4.74 Å². The van der Waals surface area contributed by atoms with Crippen molar-refractivity contribution in [1.82, 2.24) is 14.8 Å². The van der Waals surface area contributed by atoms with E-state index in [2.05, 4.69) is 14.8 Å². The molecule has 188 valence electrons. The summed E-state index contributed by atoms with van der Waals surface area (Å²) in [4.78, 5) is 22.7. The number of likely N-dealkylation sites (tertiary alicyclic amines) is 1. The lowest BCUT2D eigenvalue weighted by Gasteiger charge is -2.48.